The van der Waals surface area contributed by atoms with Gasteiger partial charge in [0, 0.05) is 6.42 Å². The molecule has 0 aliphatic heterocycles. The summed E-state index contributed by atoms with van der Waals surface area (Å²) in [4.78, 5) is 11.6. The number of carbonyl (C=O) groups is 1. The lowest BCUT2D eigenvalue weighted by atomic mass is 10.1. The predicted molar refractivity (Wildman–Crippen MR) is 72.3 cm³/mol. The largest absolute Gasteiger partial charge is 0.298 e. The first-order valence-corrected chi connectivity index (χ1v) is 7.06. The maximum absolute atomic E-state index is 13.5. The van der Waals surface area contributed by atoms with E-state index in [1.807, 2.05) is 0 Å². The topological polar surface area (TPSA) is 17.1 Å². The Bertz CT molecular complexity index is 393. The van der Waals surface area contributed by atoms with Crippen LogP contribution in [0.15, 0.2) is 18.2 Å². The van der Waals surface area contributed by atoms with E-state index in [4.69, 9.17) is 11.6 Å². The van der Waals surface area contributed by atoms with Gasteiger partial charge in [-0.2, -0.15) is 11.8 Å². The van der Waals surface area contributed by atoms with E-state index in [0.717, 1.165) is 5.75 Å². The fourth-order valence-electron chi connectivity index (χ4n) is 1.36. The second-order valence-electron chi connectivity index (χ2n) is 4.34. The highest BCUT2D eigenvalue weighted by Gasteiger charge is 2.10. The standard InChI is InChI=1S/C13H16ClFOS/c1-9(2)7-17-8-11(16)6-10-4-3-5-12(14)13(10)15/h3-5,9H,6-8H2,1-2H3. The Labute approximate surface area is 111 Å². The highest BCUT2D eigenvalue weighted by atomic mass is 35.5. The van der Waals surface area contributed by atoms with E-state index in [0.29, 0.717) is 17.2 Å². The van der Waals surface area contributed by atoms with Crippen molar-refractivity contribution in [2.45, 2.75) is 20.3 Å². The summed E-state index contributed by atoms with van der Waals surface area (Å²) in [5.41, 5.74) is 0.382. The fraction of sp³-hybridized carbons (Fsp3) is 0.462. The van der Waals surface area contributed by atoms with Crippen LogP contribution in [0, 0.1) is 11.7 Å². The number of thioether (sulfide) groups is 1. The molecule has 0 N–H and O–H groups in total. The van der Waals surface area contributed by atoms with Crippen molar-refractivity contribution in [2.24, 2.45) is 5.92 Å². The summed E-state index contributed by atoms with van der Waals surface area (Å²) < 4.78 is 13.5. The van der Waals surface area contributed by atoms with Crippen LogP contribution < -0.4 is 0 Å². The number of halogens is 2. The molecule has 0 heterocycles. The van der Waals surface area contributed by atoms with Gasteiger partial charge in [-0.15, -0.1) is 0 Å². The number of carbonyl (C=O) groups excluding carboxylic acids is 1. The van der Waals surface area contributed by atoms with Crippen molar-refractivity contribution in [3.05, 3.63) is 34.6 Å². The first kappa shape index (κ1) is 14.5. The van der Waals surface area contributed by atoms with Crippen LogP contribution in [0.1, 0.15) is 19.4 Å². The third-order valence-electron chi connectivity index (χ3n) is 2.13. The Hall–Kier alpha value is -0.540. The number of hydrogen-bond donors (Lipinski definition) is 0. The zero-order chi connectivity index (χ0) is 12.8. The maximum atomic E-state index is 13.5. The van der Waals surface area contributed by atoms with E-state index < -0.39 is 5.82 Å². The molecule has 0 fully saturated rings. The van der Waals surface area contributed by atoms with Gasteiger partial charge in [0.05, 0.1) is 10.8 Å². The zero-order valence-corrected chi connectivity index (χ0v) is 11.6. The fourth-order valence-corrected chi connectivity index (χ4v) is 2.47. The number of hydrogen-bond acceptors (Lipinski definition) is 2. The van der Waals surface area contributed by atoms with Crippen LogP contribution in [0.3, 0.4) is 0 Å². The van der Waals surface area contributed by atoms with Gasteiger partial charge in [0.1, 0.15) is 11.6 Å². The van der Waals surface area contributed by atoms with Crippen molar-refractivity contribution in [1.29, 1.82) is 0 Å². The average molecular weight is 275 g/mol. The van der Waals surface area contributed by atoms with Crippen molar-refractivity contribution >= 4 is 29.1 Å². The molecule has 0 radical (unpaired) electrons. The summed E-state index contributed by atoms with van der Waals surface area (Å²) >= 11 is 7.25. The Balaban J connectivity index is 2.48. The van der Waals surface area contributed by atoms with E-state index in [1.165, 1.54) is 6.07 Å². The van der Waals surface area contributed by atoms with Crippen LogP contribution >= 0.6 is 23.4 Å². The van der Waals surface area contributed by atoms with E-state index in [1.54, 1.807) is 23.9 Å². The number of ketones is 1. The molecular formula is C13H16ClFOS. The number of benzene rings is 1. The van der Waals surface area contributed by atoms with Crippen molar-refractivity contribution in [1.82, 2.24) is 0 Å². The number of Topliss-reactive ketones (excluding diaryl/α,β-unsaturated/α-hetero) is 1. The Kier molecular flexibility index (Phi) is 6.00. The molecule has 0 saturated heterocycles. The molecule has 0 aliphatic rings. The quantitative estimate of drug-likeness (QED) is 0.780. The van der Waals surface area contributed by atoms with Gasteiger partial charge in [0.15, 0.2) is 0 Å². The van der Waals surface area contributed by atoms with Gasteiger partial charge in [0.2, 0.25) is 0 Å². The Morgan fingerprint density at radius 3 is 2.82 bits per heavy atom. The summed E-state index contributed by atoms with van der Waals surface area (Å²) in [6, 6.07) is 4.75. The molecule has 0 aromatic heterocycles. The molecule has 0 atom stereocenters. The third-order valence-corrected chi connectivity index (χ3v) is 3.85. The van der Waals surface area contributed by atoms with Crippen LogP contribution in [0.4, 0.5) is 4.39 Å². The third kappa shape index (κ3) is 5.09. The monoisotopic (exact) mass is 274 g/mol. The molecule has 1 rings (SSSR count). The van der Waals surface area contributed by atoms with Crippen molar-refractivity contribution in [3.8, 4) is 0 Å². The minimum absolute atomic E-state index is 0.0387. The summed E-state index contributed by atoms with van der Waals surface area (Å²) in [6.07, 6.45) is 0.123. The van der Waals surface area contributed by atoms with Gasteiger partial charge in [-0.05, 0) is 23.3 Å². The molecule has 0 saturated carbocycles. The number of rotatable bonds is 6. The van der Waals surface area contributed by atoms with Gasteiger partial charge in [-0.3, -0.25) is 4.79 Å². The molecule has 0 bridgehead atoms. The zero-order valence-electron chi connectivity index (χ0n) is 10.0. The highest BCUT2D eigenvalue weighted by Crippen LogP contribution is 2.19. The van der Waals surface area contributed by atoms with Crippen molar-refractivity contribution < 1.29 is 9.18 Å². The smallest absolute Gasteiger partial charge is 0.147 e. The molecule has 0 aliphatic carbocycles. The minimum Gasteiger partial charge on any atom is -0.298 e. The Morgan fingerprint density at radius 2 is 2.18 bits per heavy atom. The lowest BCUT2D eigenvalue weighted by molar-refractivity contribution is -0.116. The molecule has 1 nitrogen and oxygen atoms in total. The van der Waals surface area contributed by atoms with Crippen LogP contribution in [-0.2, 0) is 11.2 Å². The van der Waals surface area contributed by atoms with E-state index >= 15 is 0 Å². The molecule has 17 heavy (non-hydrogen) atoms. The van der Waals surface area contributed by atoms with Crippen LogP contribution in [0.5, 0.6) is 0 Å². The lowest BCUT2D eigenvalue weighted by Gasteiger charge is -2.05. The first-order valence-electron chi connectivity index (χ1n) is 5.53. The van der Waals surface area contributed by atoms with Crippen LogP contribution in [-0.4, -0.2) is 17.3 Å². The van der Waals surface area contributed by atoms with Crippen molar-refractivity contribution in [3.63, 3.8) is 0 Å². The van der Waals surface area contributed by atoms with Gasteiger partial charge < -0.3 is 0 Å². The second kappa shape index (κ2) is 7.02. The summed E-state index contributed by atoms with van der Waals surface area (Å²) in [7, 11) is 0. The second-order valence-corrected chi connectivity index (χ2v) is 5.77. The van der Waals surface area contributed by atoms with Crippen LogP contribution in [0.2, 0.25) is 5.02 Å². The normalized spacial score (nSPS) is 10.9. The first-order chi connectivity index (χ1) is 8.00. The molecule has 0 amide bonds. The van der Waals surface area contributed by atoms with Crippen LogP contribution in [0.25, 0.3) is 0 Å². The van der Waals surface area contributed by atoms with Gasteiger partial charge >= 0.3 is 0 Å². The predicted octanol–water partition coefficient (Wildman–Crippen LogP) is 3.98. The van der Waals surface area contributed by atoms with E-state index in [9.17, 15) is 9.18 Å². The SMILES string of the molecule is CC(C)CSCC(=O)Cc1cccc(Cl)c1F. The molecule has 1 aromatic carbocycles. The summed E-state index contributed by atoms with van der Waals surface area (Å²) in [5.74, 6) is 1.51. The van der Waals surface area contributed by atoms with E-state index in [2.05, 4.69) is 13.8 Å². The molecule has 0 unspecified atom stereocenters. The van der Waals surface area contributed by atoms with Gasteiger partial charge in [-0.25, -0.2) is 4.39 Å². The molecular weight excluding hydrogens is 259 g/mol. The summed E-state index contributed by atoms with van der Waals surface area (Å²) in [6.45, 7) is 4.21. The minimum atomic E-state index is -0.476. The maximum Gasteiger partial charge on any atom is 0.147 e. The molecule has 94 valence electrons. The van der Waals surface area contributed by atoms with Crippen molar-refractivity contribution in [2.75, 3.05) is 11.5 Å². The molecule has 4 heteroatoms. The average Bonchev–Trinajstić information content (AvgIpc) is 2.24. The lowest BCUT2D eigenvalue weighted by Crippen LogP contribution is -2.08. The Morgan fingerprint density at radius 1 is 1.47 bits per heavy atom. The van der Waals surface area contributed by atoms with Gasteiger partial charge in [0.25, 0.3) is 0 Å². The van der Waals surface area contributed by atoms with E-state index in [-0.39, 0.29) is 17.2 Å². The highest BCUT2D eigenvalue weighted by molar-refractivity contribution is 7.99. The van der Waals surface area contributed by atoms with Gasteiger partial charge in [-0.1, -0.05) is 37.6 Å². The molecule has 0 spiro atoms. The summed E-state index contributed by atoms with van der Waals surface area (Å²) in [5, 5.41) is 0.0742. The molecule has 1 aromatic rings.